The zero-order chi connectivity index (χ0) is 12.3. The van der Waals surface area contributed by atoms with Crippen LogP contribution in [0.1, 0.15) is 12.6 Å². The molecule has 0 bridgehead atoms. The Morgan fingerprint density at radius 1 is 1.71 bits per heavy atom. The van der Waals surface area contributed by atoms with Crippen molar-refractivity contribution in [1.82, 2.24) is 20.4 Å². The third kappa shape index (κ3) is 2.83. The number of likely N-dealkylation sites (N-methyl/N-ethyl adjacent to an activating group) is 1. The molecule has 1 amide bonds. The summed E-state index contributed by atoms with van der Waals surface area (Å²) >= 11 is 0. The third-order valence-corrected chi connectivity index (χ3v) is 2.92. The van der Waals surface area contributed by atoms with Gasteiger partial charge in [-0.05, 0) is 13.0 Å². The number of nitrogens with one attached hydrogen (secondary N) is 2. The average Bonchev–Trinajstić information content (AvgIpc) is 2.81. The number of ether oxygens (including phenoxy) is 1. The lowest BCUT2D eigenvalue weighted by Gasteiger charge is -2.32. The Bertz CT molecular complexity index is 366. The topological polar surface area (TPSA) is 70.2 Å². The Balaban J connectivity index is 1.94. The van der Waals surface area contributed by atoms with Crippen LogP contribution in [0.5, 0.6) is 0 Å². The van der Waals surface area contributed by atoms with E-state index >= 15 is 0 Å². The van der Waals surface area contributed by atoms with Crippen molar-refractivity contribution in [1.29, 1.82) is 0 Å². The molecule has 1 aliphatic heterocycles. The number of H-pyrrole nitrogens is 1. The zero-order valence-electron chi connectivity index (χ0n) is 10.1. The second-order valence-electron chi connectivity index (χ2n) is 4.28. The van der Waals surface area contributed by atoms with Crippen LogP contribution in [-0.2, 0) is 16.1 Å². The summed E-state index contributed by atoms with van der Waals surface area (Å²) in [5.41, 5.74) is 0.922. The number of nitrogens with zero attached hydrogens (tertiary/aromatic N) is 2. The number of rotatable bonds is 3. The average molecular weight is 238 g/mol. The minimum atomic E-state index is -0.253. The largest absolute Gasteiger partial charge is 0.375 e. The van der Waals surface area contributed by atoms with Crippen LogP contribution in [0, 0.1) is 0 Å². The molecule has 2 rings (SSSR count). The molecule has 1 fully saturated rings. The Labute approximate surface area is 100 Å². The molecule has 1 aromatic rings. The quantitative estimate of drug-likeness (QED) is 0.761. The first-order valence-corrected chi connectivity index (χ1v) is 5.76. The lowest BCUT2D eigenvalue weighted by atomic mass is 10.1. The number of hydrogen-bond donors (Lipinski definition) is 2. The SMILES string of the molecule is C[C@H]1OCCN[C@@H]1C(=O)N(C)Cc1ccn[nH]1. The van der Waals surface area contributed by atoms with Crippen molar-refractivity contribution in [2.75, 3.05) is 20.2 Å². The normalized spacial score (nSPS) is 24.6. The van der Waals surface area contributed by atoms with Gasteiger partial charge in [0.15, 0.2) is 0 Å². The van der Waals surface area contributed by atoms with Crippen LogP contribution < -0.4 is 5.32 Å². The summed E-state index contributed by atoms with van der Waals surface area (Å²) in [5, 5.41) is 9.89. The van der Waals surface area contributed by atoms with E-state index in [-0.39, 0.29) is 18.1 Å². The molecule has 2 N–H and O–H groups in total. The van der Waals surface area contributed by atoms with E-state index in [0.29, 0.717) is 13.2 Å². The van der Waals surface area contributed by atoms with E-state index < -0.39 is 0 Å². The number of carbonyl (C=O) groups is 1. The number of carbonyl (C=O) groups excluding carboxylic acids is 1. The maximum atomic E-state index is 12.2. The summed E-state index contributed by atoms with van der Waals surface area (Å²) in [6, 6.07) is 1.61. The van der Waals surface area contributed by atoms with E-state index in [2.05, 4.69) is 15.5 Å². The number of aromatic amines is 1. The number of hydrogen-bond acceptors (Lipinski definition) is 4. The van der Waals surface area contributed by atoms with Crippen LogP contribution in [0.25, 0.3) is 0 Å². The summed E-state index contributed by atoms with van der Waals surface area (Å²) < 4.78 is 5.47. The van der Waals surface area contributed by atoms with Gasteiger partial charge in [0.1, 0.15) is 6.04 Å². The van der Waals surface area contributed by atoms with Crippen LogP contribution in [0.15, 0.2) is 12.3 Å². The smallest absolute Gasteiger partial charge is 0.242 e. The second-order valence-corrected chi connectivity index (χ2v) is 4.28. The fourth-order valence-corrected chi connectivity index (χ4v) is 1.95. The van der Waals surface area contributed by atoms with Crippen LogP contribution in [-0.4, -0.2) is 53.3 Å². The lowest BCUT2D eigenvalue weighted by molar-refractivity contribution is -0.138. The molecule has 0 spiro atoms. The predicted molar refractivity (Wildman–Crippen MR) is 62.3 cm³/mol. The van der Waals surface area contributed by atoms with E-state index in [1.54, 1.807) is 18.1 Å². The first-order valence-electron chi connectivity index (χ1n) is 5.76. The summed E-state index contributed by atoms with van der Waals surface area (Å²) in [7, 11) is 1.78. The highest BCUT2D eigenvalue weighted by Crippen LogP contribution is 2.08. The van der Waals surface area contributed by atoms with Gasteiger partial charge in [-0.2, -0.15) is 5.10 Å². The molecule has 2 heterocycles. The minimum Gasteiger partial charge on any atom is -0.375 e. The van der Waals surface area contributed by atoms with Gasteiger partial charge in [0.25, 0.3) is 0 Å². The van der Waals surface area contributed by atoms with Crippen LogP contribution in [0.3, 0.4) is 0 Å². The molecule has 1 aromatic heterocycles. The molecule has 6 heteroatoms. The number of morpholine rings is 1. The van der Waals surface area contributed by atoms with Crippen LogP contribution >= 0.6 is 0 Å². The van der Waals surface area contributed by atoms with Crippen molar-refractivity contribution in [3.05, 3.63) is 18.0 Å². The van der Waals surface area contributed by atoms with Gasteiger partial charge in [0.2, 0.25) is 5.91 Å². The van der Waals surface area contributed by atoms with E-state index in [1.165, 1.54) is 0 Å². The molecule has 0 unspecified atom stereocenters. The standard InChI is InChI=1S/C11H18N4O2/c1-8-10(12-5-6-17-8)11(16)15(2)7-9-3-4-13-14-9/h3-4,8,10,12H,5-7H2,1-2H3,(H,13,14)/t8-,10+/m1/s1. The van der Waals surface area contributed by atoms with Crippen LogP contribution in [0.2, 0.25) is 0 Å². The molecule has 0 saturated carbocycles. The van der Waals surface area contributed by atoms with Gasteiger partial charge in [0, 0.05) is 19.8 Å². The van der Waals surface area contributed by atoms with E-state index in [1.807, 2.05) is 13.0 Å². The van der Waals surface area contributed by atoms with Crippen molar-refractivity contribution >= 4 is 5.91 Å². The Hall–Kier alpha value is -1.40. The summed E-state index contributed by atoms with van der Waals surface area (Å²) in [5.74, 6) is 0.0480. The van der Waals surface area contributed by atoms with E-state index in [4.69, 9.17) is 4.74 Å². The zero-order valence-corrected chi connectivity index (χ0v) is 10.1. The Morgan fingerprint density at radius 3 is 3.18 bits per heavy atom. The first kappa shape index (κ1) is 12.1. The van der Waals surface area contributed by atoms with E-state index in [9.17, 15) is 4.79 Å². The maximum absolute atomic E-state index is 12.2. The van der Waals surface area contributed by atoms with Crippen molar-refractivity contribution < 1.29 is 9.53 Å². The number of amides is 1. The molecule has 1 saturated heterocycles. The van der Waals surface area contributed by atoms with Gasteiger partial charge >= 0.3 is 0 Å². The number of aromatic nitrogens is 2. The minimum absolute atomic E-state index is 0.0480. The molecular weight excluding hydrogens is 220 g/mol. The second kappa shape index (κ2) is 5.29. The third-order valence-electron chi connectivity index (χ3n) is 2.92. The fourth-order valence-electron chi connectivity index (χ4n) is 1.95. The predicted octanol–water partition coefficient (Wildman–Crippen LogP) is -0.255. The molecule has 0 aliphatic carbocycles. The first-order chi connectivity index (χ1) is 8.18. The van der Waals surface area contributed by atoms with Crippen molar-refractivity contribution in [2.24, 2.45) is 0 Å². The molecule has 0 radical (unpaired) electrons. The Morgan fingerprint density at radius 2 is 2.53 bits per heavy atom. The highest BCUT2D eigenvalue weighted by molar-refractivity contribution is 5.82. The molecular formula is C11H18N4O2. The summed E-state index contributed by atoms with van der Waals surface area (Å²) in [4.78, 5) is 13.9. The van der Waals surface area contributed by atoms with Gasteiger partial charge in [-0.3, -0.25) is 9.89 Å². The van der Waals surface area contributed by atoms with Gasteiger partial charge in [-0.25, -0.2) is 0 Å². The van der Waals surface area contributed by atoms with Gasteiger partial charge < -0.3 is 15.0 Å². The van der Waals surface area contributed by atoms with Gasteiger partial charge in [-0.1, -0.05) is 0 Å². The molecule has 94 valence electrons. The van der Waals surface area contributed by atoms with Crippen LogP contribution in [0.4, 0.5) is 0 Å². The molecule has 17 heavy (non-hydrogen) atoms. The fraction of sp³-hybridized carbons (Fsp3) is 0.636. The summed E-state index contributed by atoms with van der Waals surface area (Å²) in [6.45, 7) is 3.83. The van der Waals surface area contributed by atoms with Crippen molar-refractivity contribution in [3.8, 4) is 0 Å². The monoisotopic (exact) mass is 238 g/mol. The van der Waals surface area contributed by atoms with Gasteiger partial charge in [0.05, 0.1) is 24.9 Å². The maximum Gasteiger partial charge on any atom is 0.242 e. The molecule has 6 nitrogen and oxygen atoms in total. The lowest BCUT2D eigenvalue weighted by Crippen LogP contribution is -2.55. The summed E-state index contributed by atoms with van der Waals surface area (Å²) in [6.07, 6.45) is 1.60. The molecule has 2 atom stereocenters. The van der Waals surface area contributed by atoms with E-state index in [0.717, 1.165) is 12.2 Å². The van der Waals surface area contributed by atoms with Crippen molar-refractivity contribution in [3.63, 3.8) is 0 Å². The molecule has 1 aliphatic rings. The Kier molecular flexibility index (Phi) is 3.75. The van der Waals surface area contributed by atoms with Gasteiger partial charge in [-0.15, -0.1) is 0 Å². The highest BCUT2D eigenvalue weighted by Gasteiger charge is 2.30. The molecule has 0 aromatic carbocycles. The van der Waals surface area contributed by atoms with Crippen molar-refractivity contribution in [2.45, 2.75) is 25.6 Å². The highest BCUT2D eigenvalue weighted by atomic mass is 16.5.